The van der Waals surface area contributed by atoms with Gasteiger partial charge in [-0.1, -0.05) is 6.07 Å². The molecule has 1 aliphatic rings. The SMILES string of the molecule is CNCC1CCN(c2cccc(F)c2[N+](=O)[O-])C1. The number of anilines is 1. The number of rotatable bonds is 4. The number of nitro benzene ring substituents is 1. The Labute approximate surface area is 105 Å². The fourth-order valence-corrected chi connectivity index (χ4v) is 2.45. The third-order valence-corrected chi connectivity index (χ3v) is 3.27. The van der Waals surface area contributed by atoms with Gasteiger partial charge in [0.1, 0.15) is 5.69 Å². The van der Waals surface area contributed by atoms with Crippen LogP contribution in [0.2, 0.25) is 0 Å². The van der Waals surface area contributed by atoms with Crippen molar-refractivity contribution in [3.8, 4) is 0 Å². The van der Waals surface area contributed by atoms with E-state index >= 15 is 0 Å². The molecule has 0 radical (unpaired) electrons. The van der Waals surface area contributed by atoms with E-state index in [4.69, 9.17) is 0 Å². The van der Waals surface area contributed by atoms with Gasteiger partial charge < -0.3 is 10.2 Å². The van der Waals surface area contributed by atoms with E-state index in [0.717, 1.165) is 32.1 Å². The number of benzene rings is 1. The van der Waals surface area contributed by atoms with Crippen molar-refractivity contribution in [3.63, 3.8) is 0 Å². The van der Waals surface area contributed by atoms with Gasteiger partial charge in [0.15, 0.2) is 0 Å². The van der Waals surface area contributed by atoms with Gasteiger partial charge in [-0.2, -0.15) is 4.39 Å². The predicted octanol–water partition coefficient (Wildman–Crippen LogP) is 1.78. The Balaban J connectivity index is 2.24. The second-order valence-electron chi connectivity index (χ2n) is 4.52. The zero-order chi connectivity index (χ0) is 13.1. The lowest BCUT2D eigenvalue weighted by Crippen LogP contribution is -2.25. The Morgan fingerprint density at radius 3 is 3.06 bits per heavy atom. The second kappa shape index (κ2) is 5.30. The van der Waals surface area contributed by atoms with Crippen molar-refractivity contribution in [2.75, 3.05) is 31.6 Å². The molecule has 0 aromatic heterocycles. The highest BCUT2D eigenvalue weighted by Gasteiger charge is 2.29. The smallest absolute Gasteiger partial charge is 0.327 e. The molecule has 1 atom stereocenters. The summed E-state index contributed by atoms with van der Waals surface area (Å²) in [5, 5.41) is 14.0. The van der Waals surface area contributed by atoms with Crippen LogP contribution in [0.25, 0.3) is 0 Å². The number of halogens is 1. The first-order valence-corrected chi connectivity index (χ1v) is 5.96. The number of nitrogens with one attached hydrogen (secondary N) is 1. The summed E-state index contributed by atoms with van der Waals surface area (Å²) in [5.74, 6) is -0.313. The highest BCUT2D eigenvalue weighted by Crippen LogP contribution is 2.33. The summed E-state index contributed by atoms with van der Waals surface area (Å²) in [6.45, 7) is 2.33. The van der Waals surface area contributed by atoms with Gasteiger partial charge in [-0.3, -0.25) is 10.1 Å². The van der Waals surface area contributed by atoms with E-state index in [9.17, 15) is 14.5 Å². The molecule has 1 aromatic rings. The molecule has 0 bridgehead atoms. The Bertz CT molecular complexity index is 453. The van der Waals surface area contributed by atoms with Crippen LogP contribution in [0.1, 0.15) is 6.42 Å². The number of nitrogens with zero attached hydrogens (tertiary/aromatic N) is 2. The van der Waals surface area contributed by atoms with E-state index in [-0.39, 0.29) is 0 Å². The van der Waals surface area contributed by atoms with Gasteiger partial charge in [-0.15, -0.1) is 0 Å². The van der Waals surface area contributed by atoms with Crippen molar-refractivity contribution in [1.82, 2.24) is 5.32 Å². The quantitative estimate of drug-likeness (QED) is 0.656. The van der Waals surface area contributed by atoms with Gasteiger partial charge in [-0.25, -0.2) is 0 Å². The fourth-order valence-electron chi connectivity index (χ4n) is 2.45. The molecule has 0 amide bonds. The first kappa shape index (κ1) is 12.8. The van der Waals surface area contributed by atoms with Crippen molar-refractivity contribution < 1.29 is 9.31 Å². The largest absolute Gasteiger partial charge is 0.366 e. The topological polar surface area (TPSA) is 58.4 Å². The maximum atomic E-state index is 13.5. The minimum atomic E-state index is -0.769. The highest BCUT2D eigenvalue weighted by atomic mass is 19.1. The lowest BCUT2D eigenvalue weighted by atomic mass is 10.1. The minimum Gasteiger partial charge on any atom is -0.366 e. The van der Waals surface area contributed by atoms with Gasteiger partial charge in [0.25, 0.3) is 0 Å². The molecule has 0 spiro atoms. The van der Waals surface area contributed by atoms with Gasteiger partial charge in [0.05, 0.1) is 4.92 Å². The molecular formula is C12H16FN3O2. The summed E-state index contributed by atoms with van der Waals surface area (Å²) in [6.07, 6.45) is 0.967. The summed E-state index contributed by atoms with van der Waals surface area (Å²) >= 11 is 0. The van der Waals surface area contributed by atoms with Crippen LogP contribution < -0.4 is 10.2 Å². The lowest BCUT2D eigenvalue weighted by Gasteiger charge is -2.18. The summed E-state index contributed by atoms with van der Waals surface area (Å²) in [6, 6.07) is 4.26. The Morgan fingerprint density at radius 1 is 1.61 bits per heavy atom. The van der Waals surface area contributed by atoms with Crippen molar-refractivity contribution in [2.24, 2.45) is 5.92 Å². The Hall–Kier alpha value is -1.69. The molecular weight excluding hydrogens is 237 g/mol. The molecule has 5 nitrogen and oxygen atoms in total. The molecule has 18 heavy (non-hydrogen) atoms. The van der Waals surface area contributed by atoms with E-state index < -0.39 is 16.4 Å². The average molecular weight is 253 g/mol. The molecule has 1 N–H and O–H groups in total. The van der Waals surface area contributed by atoms with Crippen LogP contribution in [-0.4, -0.2) is 31.6 Å². The van der Waals surface area contributed by atoms with E-state index in [1.807, 2.05) is 11.9 Å². The van der Waals surface area contributed by atoms with Crippen molar-refractivity contribution in [2.45, 2.75) is 6.42 Å². The van der Waals surface area contributed by atoms with Gasteiger partial charge in [0.2, 0.25) is 5.82 Å². The Morgan fingerprint density at radius 2 is 2.39 bits per heavy atom. The van der Waals surface area contributed by atoms with Crippen LogP contribution in [0.5, 0.6) is 0 Å². The first-order valence-electron chi connectivity index (χ1n) is 5.96. The molecule has 0 aliphatic carbocycles. The monoisotopic (exact) mass is 253 g/mol. The third kappa shape index (κ3) is 2.43. The number of nitro groups is 1. The lowest BCUT2D eigenvalue weighted by molar-refractivity contribution is -0.386. The second-order valence-corrected chi connectivity index (χ2v) is 4.52. The molecule has 2 rings (SSSR count). The molecule has 0 saturated carbocycles. The first-order chi connectivity index (χ1) is 8.63. The normalized spacial score (nSPS) is 19.2. The summed E-state index contributed by atoms with van der Waals surface area (Å²) < 4.78 is 13.5. The standard InChI is InChI=1S/C12H16FN3O2/c1-14-7-9-5-6-15(8-9)11-4-2-3-10(13)12(11)16(17)18/h2-4,9,14H,5-8H2,1H3. The summed E-state index contributed by atoms with van der Waals surface area (Å²) in [5.41, 5.74) is -0.0267. The van der Waals surface area contributed by atoms with Crippen LogP contribution in [0.3, 0.4) is 0 Å². The van der Waals surface area contributed by atoms with Crippen LogP contribution in [0.15, 0.2) is 18.2 Å². The molecule has 1 aromatic carbocycles. The van der Waals surface area contributed by atoms with E-state index in [2.05, 4.69) is 5.32 Å². The molecule has 1 aliphatic heterocycles. The molecule has 1 fully saturated rings. The summed E-state index contributed by atoms with van der Waals surface area (Å²) in [7, 11) is 1.88. The number of para-hydroxylation sites is 1. The van der Waals surface area contributed by atoms with Gasteiger partial charge in [0, 0.05) is 13.1 Å². The van der Waals surface area contributed by atoms with Crippen molar-refractivity contribution in [1.29, 1.82) is 0 Å². The average Bonchev–Trinajstić information content (AvgIpc) is 2.77. The number of hydrogen-bond donors (Lipinski definition) is 1. The maximum Gasteiger partial charge on any atom is 0.327 e. The molecule has 1 saturated heterocycles. The van der Waals surface area contributed by atoms with Crippen molar-refractivity contribution in [3.05, 3.63) is 34.1 Å². The van der Waals surface area contributed by atoms with E-state index in [1.54, 1.807) is 6.07 Å². The highest BCUT2D eigenvalue weighted by molar-refractivity contribution is 5.64. The van der Waals surface area contributed by atoms with Gasteiger partial charge >= 0.3 is 5.69 Å². The van der Waals surface area contributed by atoms with Crippen LogP contribution >= 0.6 is 0 Å². The van der Waals surface area contributed by atoms with Crippen molar-refractivity contribution >= 4 is 11.4 Å². The van der Waals surface area contributed by atoms with Gasteiger partial charge in [-0.05, 0) is 38.1 Å². The number of hydrogen-bond acceptors (Lipinski definition) is 4. The zero-order valence-corrected chi connectivity index (χ0v) is 10.2. The molecule has 98 valence electrons. The summed E-state index contributed by atoms with van der Waals surface area (Å²) in [4.78, 5) is 12.2. The third-order valence-electron chi connectivity index (χ3n) is 3.27. The van der Waals surface area contributed by atoms with Crippen LogP contribution in [-0.2, 0) is 0 Å². The van der Waals surface area contributed by atoms with Crippen LogP contribution in [0.4, 0.5) is 15.8 Å². The zero-order valence-electron chi connectivity index (χ0n) is 10.2. The minimum absolute atomic E-state index is 0.388. The van der Waals surface area contributed by atoms with E-state index in [0.29, 0.717) is 11.6 Å². The van der Waals surface area contributed by atoms with E-state index in [1.165, 1.54) is 6.07 Å². The van der Waals surface area contributed by atoms with Crippen LogP contribution in [0, 0.1) is 21.8 Å². The molecule has 1 unspecified atom stereocenters. The predicted molar refractivity (Wildman–Crippen MR) is 67.3 cm³/mol. The Kier molecular flexibility index (Phi) is 3.76. The maximum absolute atomic E-state index is 13.5. The fraction of sp³-hybridized carbons (Fsp3) is 0.500. The molecule has 6 heteroatoms. The molecule has 1 heterocycles.